The molecule has 3 nitrogen and oxygen atoms in total. The van der Waals surface area contributed by atoms with Crippen LogP contribution in [0, 0.1) is 23.1 Å². The molecule has 0 saturated heterocycles. The number of carbonyl (C=O) groups excluding carboxylic acids is 1. The summed E-state index contributed by atoms with van der Waals surface area (Å²) in [6.45, 7) is 0. The Kier molecular flexibility index (Phi) is 4.51. The maximum absolute atomic E-state index is 13.0. The first kappa shape index (κ1) is 13.5. The first-order valence-electron chi connectivity index (χ1n) is 6.61. The second-order valence-electron chi connectivity index (χ2n) is 5.05. The molecule has 1 amide bonds. The molecule has 0 radical (unpaired) electrons. The van der Waals surface area contributed by atoms with Gasteiger partial charge in [0.05, 0.1) is 12.5 Å². The van der Waals surface area contributed by atoms with E-state index in [0.29, 0.717) is 5.56 Å². The first-order valence-corrected chi connectivity index (χ1v) is 6.61. The molecular weight excluding hydrogens is 243 g/mol. The van der Waals surface area contributed by atoms with Gasteiger partial charge in [0.2, 0.25) is 5.91 Å². The largest absolute Gasteiger partial charge is 0.353 e. The van der Waals surface area contributed by atoms with Crippen molar-refractivity contribution in [2.75, 3.05) is 0 Å². The van der Waals surface area contributed by atoms with Crippen LogP contribution in [0.2, 0.25) is 0 Å². The van der Waals surface area contributed by atoms with Crippen LogP contribution in [0.4, 0.5) is 4.39 Å². The van der Waals surface area contributed by atoms with Crippen molar-refractivity contribution in [3.05, 3.63) is 35.6 Å². The third kappa shape index (κ3) is 4.06. The molecule has 1 aliphatic carbocycles. The first-order chi connectivity index (χ1) is 9.17. The van der Waals surface area contributed by atoms with Gasteiger partial charge in [0.25, 0.3) is 0 Å². The summed E-state index contributed by atoms with van der Waals surface area (Å²) >= 11 is 0. The monoisotopic (exact) mass is 260 g/mol. The van der Waals surface area contributed by atoms with Crippen LogP contribution in [0.15, 0.2) is 24.3 Å². The van der Waals surface area contributed by atoms with Crippen LogP contribution < -0.4 is 5.32 Å². The summed E-state index contributed by atoms with van der Waals surface area (Å²) < 4.78 is 13.0. The molecule has 2 rings (SSSR count). The van der Waals surface area contributed by atoms with E-state index >= 15 is 0 Å². The molecular formula is C15H17FN2O. The number of halogens is 1. The fourth-order valence-corrected chi connectivity index (χ4v) is 2.48. The van der Waals surface area contributed by atoms with Gasteiger partial charge in [-0.3, -0.25) is 4.79 Å². The summed E-state index contributed by atoms with van der Waals surface area (Å²) in [4.78, 5) is 11.8. The molecule has 4 heteroatoms. The predicted molar refractivity (Wildman–Crippen MR) is 69.6 cm³/mol. The van der Waals surface area contributed by atoms with E-state index < -0.39 is 0 Å². The van der Waals surface area contributed by atoms with Crippen LogP contribution in [-0.2, 0) is 11.2 Å². The number of nitrogens with one attached hydrogen (secondary N) is 1. The van der Waals surface area contributed by atoms with Gasteiger partial charge in [-0.15, -0.1) is 0 Å². The van der Waals surface area contributed by atoms with Gasteiger partial charge in [-0.05, 0) is 43.4 Å². The van der Waals surface area contributed by atoms with Crippen LogP contribution in [0.5, 0.6) is 0 Å². The van der Waals surface area contributed by atoms with Crippen molar-refractivity contribution in [2.24, 2.45) is 5.92 Å². The van der Waals surface area contributed by atoms with Crippen LogP contribution >= 0.6 is 0 Å². The Labute approximate surface area is 112 Å². The van der Waals surface area contributed by atoms with Gasteiger partial charge in [-0.1, -0.05) is 12.1 Å². The SMILES string of the molecule is N#CC1CCC(NC(=O)Cc2cccc(F)c2)CC1. The third-order valence-electron chi connectivity index (χ3n) is 3.53. The molecule has 1 aromatic carbocycles. The maximum Gasteiger partial charge on any atom is 0.224 e. The molecule has 1 fully saturated rings. The number of rotatable bonds is 3. The second kappa shape index (κ2) is 6.33. The molecule has 0 aliphatic heterocycles. The van der Waals surface area contributed by atoms with Crippen LogP contribution in [0.3, 0.4) is 0 Å². The molecule has 0 aromatic heterocycles. The number of nitriles is 1. The number of amides is 1. The van der Waals surface area contributed by atoms with E-state index in [1.54, 1.807) is 12.1 Å². The van der Waals surface area contributed by atoms with Gasteiger partial charge in [0, 0.05) is 12.0 Å². The molecule has 19 heavy (non-hydrogen) atoms. The van der Waals surface area contributed by atoms with Crippen molar-refractivity contribution in [2.45, 2.75) is 38.1 Å². The Morgan fingerprint density at radius 1 is 1.37 bits per heavy atom. The normalized spacial score (nSPS) is 22.5. The lowest BCUT2D eigenvalue weighted by molar-refractivity contribution is -0.121. The standard InChI is InChI=1S/C15H17FN2O/c16-13-3-1-2-12(8-13)9-15(19)18-14-6-4-11(10-17)5-7-14/h1-3,8,11,14H,4-7,9H2,(H,18,19). The minimum atomic E-state index is -0.320. The summed E-state index contributed by atoms with van der Waals surface area (Å²) in [7, 11) is 0. The molecule has 0 spiro atoms. The van der Waals surface area contributed by atoms with Crippen LogP contribution in [-0.4, -0.2) is 11.9 Å². The summed E-state index contributed by atoms with van der Waals surface area (Å²) in [5.74, 6) is -0.262. The number of hydrogen-bond acceptors (Lipinski definition) is 2. The van der Waals surface area contributed by atoms with E-state index in [4.69, 9.17) is 5.26 Å². The Morgan fingerprint density at radius 2 is 2.11 bits per heavy atom. The Bertz CT molecular complexity index is 487. The zero-order valence-electron chi connectivity index (χ0n) is 10.7. The number of carbonyl (C=O) groups is 1. The Morgan fingerprint density at radius 3 is 2.74 bits per heavy atom. The van der Waals surface area contributed by atoms with Crippen molar-refractivity contribution in [1.82, 2.24) is 5.32 Å². The van der Waals surface area contributed by atoms with E-state index in [-0.39, 0.29) is 30.1 Å². The lowest BCUT2D eigenvalue weighted by Gasteiger charge is -2.25. The highest BCUT2D eigenvalue weighted by Gasteiger charge is 2.21. The van der Waals surface area contributed by atoms with E-state index in [9.17, 15) is 9.18 Å². The average molecular weight is 260 g/mol. The Hall–Kier alpha value is -1.89. The molecule has 0 unspecified atom stereocenters. The smallest absolute Gasteiger partial charge is 0.224 e. The van der Waals surface area contributed by atoms with E-state index in [2.05, 4.69) is 11.4 Å². The van der Waals surface area contributed by atoms with Crippen molar-refractivity contribution >= 4 is 5.91 Å². The van der Waals surface area contributed by atoms with Crippen molar-refractivity contribution < 1.29 is 9.18 Å². The van der Waals surface area contributed by atoms with E-state index in [1.807, 2.05) is 0 Å². The lowest BCUT2D eigenvalue weighted by Crippen LogP contribution is -2.38. The summed E-state index contributed by atoms with van der Waals surface area (Å²) in [5, 5.41) is 11.8. The third-order valence-corrected chi connectivity index (χ3v) is 3.53. The number of hydrogen-bond donors (Lipinski definition) is 1. The topological polar surface area (TPSA) is 52.9 Å². The minimum absolute atomic E-state index is 0.0778. The molecule has 0 atom stereocenters. The van der Waals surface area contributed by atoms with E-state index in [0.717, 1.165) is 25.7 Å². The van der Waals surface area contributed by atoms with Gasteiger partial charge in [-0.2, -0.15) is 5.26 Å². The fraction of sp³-hybridized carbons (Fsp3) is 0.467. The molecule has 1 aliphatic rings. The fourth-order valence-electron chi connectivity index (χ4n) is 2.48. The molecule has 1 aromatic rings. The molecule has 0 bridgehead atoms. The van der Waals surface area contributed by atoms with Gasteiger partial charge in [0.1, 0.15) is 5.82 Å². The lowest BCUT2D eigenvalue weighted by atomic mass is 9.87. The van der Waals surface area contributed by atoms with Crippen LogP contribution in [0.1, 0.15) is 31.2 Å². The highest BCUT2D eigenvalue weighted by molar-refractivity contribution is 5.78. The number of benzene rings is 1. The van der Waals surface area contributed by atoms with Crippen molar-refractivity contribution in [3.63, 3.8) is 0 Å². The van der Waals surface area contributed by atoms with Crippen molar-refractivity contribution in [1.29, 1.82) is 5.26 Å². The molecule has 1 N–H and O–H groups in total. The zero-order valence-corrected chi connectivity index (χ0v) is 10.7. The molecule has 0 heterocycles. The highest BCUT2D eigenvalue weighted by Crippen LogP contribution is 2.23. The predicted octanol–water partition coefficient (Wildman–Crippen LogP) is 2.57. The average Bonchev–Trinajstić information content (AvgIpc) is 2.39. The Balaban J connectivity index is 1.81. The minimum Gasteiger partial charge on any atom is -0.353 e. The molecule has 100 valence electrons. The highest BCUT2D eigenvalue weighted by atomic mass is 19.1. The van der Waals surface area contributed by atoms with Crippen LogP contribution in [0.25, 0.3) is 0 Å². The maximum atomic E-state index is 13.0. The van der Waals surface area contributed by atoms with Gasteiger partial charge >= 0.3 is 0 Å². The number of nitrogens with zero attached hydrogens (tertiary/aromatic N) is 1. The summed E-state index contributed by atoms with van der Waals surface area (Å²) in [5.41, 5.74) is 0.684. The molecule has 1 saturated carbocycles. The van der Waals surface area contributed by atoms with Gasteiger partial charge < -0.3 is 5.32 Å². The van der Waals surface area contributed by atoms with Gasteiger partial charge in [0.15, 0.2) is 0 Å². The summed E-state index contributed by atoms with van der Waals surface area (Å²) in [6.07, 6.45) is 3.61. The van der Waals surface area contributed by atoms with Gasteiger partial charge in [-0.25, -0.2) is 4.39 Å². The zero-order chi connectivity index (χ0) is 13.7. The quantitative estimate of drug-likeness (QED) is 0.908. The van der Waals surface area contributed by atoms with Crippen molar-refractivity contribution in [3.8, 4) is 6.07 Å². The summed E-state index contributed by atoms with van der Waals surface area (Å²) in [6, 6.07) is 8.53. The second-order valence-corrected chi connectivity index (χ2v) is 5.05. The van der Waals surface area contributed by atoms with E-state index in [1.165, 1.54) is 12.1 Å².